The lowest BCUT2D eigenvalue weighted by molar-refractivity contribution is -0.140. The molecule has 0 spiro atoms. The van der Waals surface area contributed by atoms with Crippen molar-refractivity contribution in [1.82, 2.24) is 0 Å². The van der Waals surface area contributed by atoms with Crippen LogP contribution in [0, 0.1) is 0 Å². The van der Waals surface area contributed by atoms with E-state index in [1.54, 1.807) is 18.2 Å². The minimum Gasteiger partial charge on any atom is -0.482 e. The van der Waals surface area contributed by atoms with Gasteiger partial charge in [-0.3, -0.25) is 9.59 Å². The monoisotopic (exact) mass is 251 g/mol. The third-order valence-electron chi connectivity index (χ3n) is 2.67. The van der Waals surface area contributed by atoms with Gasteiger partial charge in [0.15, 0.2) is 6.61 Å². The SMILES string of the molecule is COCC(C(=O)O)c1ccc2c(c1)NC(=O)CO2. The molecule has 0 saturated heterocycles. The summed E-state index contributed by atoms with van der Waals surface area (Å²) in [4.78, 5) is 22.3. The molecule has 6 heteroatoms. The van der Waals surface area contributed by atoms with Crippen molar-refractivity contribution in [2.45, 2.75) is 5.92 Å². The highest BCUT2D eigenvalue weighted by Gasteiger charge is 2.23. The number of aliphatic carboxylic acids is 1. The molecule has 1 aliphatic heterocycles. The maximum Gasteiger partial charge on any atom is 0.313 e. The fourth-order valence-electron chi connectivity index (χ4n) is 1.79. The van der Waals surface area contributed by atoms with Gasteiger partial charge in [0.05, 0.1) is 12.3 Å². The van der Waals surface area contributed by atoms with Crippen LogP contribution in [0.15, 0.2) is 18.2 Å². The standard InChI is InChI=1S/C12H13NO5/c1-17-5-8(12(15)16)7-2-3-10-9(4-7)13-11(14)6-18-10/h2-4,8H,5-6H2,1H3,(H,13,14)(H,15,16). The Kier molecular flexibility index (Phi) is 3.47. The second-order valence-electron chi connectivity index (χ2n) is 3.94. The van der Waals surface area contributed by atoms with E-state index in [2.05, 4.69) is 5.32 Å². The fraction of sp³-hybridized carbons (Fsp3) is 0.333. The smallest absolute Gasteiger partial charge is 0.313 e. The van der Waals surface area contributed by atoms with Gasteiger partial charge in [0.1, 0.15) is 11.7 Å². The van der Waals surface area contributed by atoms with Crippen LogP contribution in [-0.2, 0) is 14.3 Å². The van der Waals surface area contributed by atoms with Crippen LogP contribution in [0.3, 0.4) is 0 Å². The number of carboxylic acid groups (broad SMARTS) is 1. The van der Waals surface area contributed by atoms with Crippen LogP contribution >= 0.6 is 0 Å². The molecule has 1 heterocycles. The Morgan fingerprint density at radius 3 is 3.06 bits per heavy atom. The predicted octanol–water partition coefficient (Wildman–Crippen LogP) is 0.832. The number of methoxy groups -OCH3 is 1. The van der Waals surface area contributed by atoms with E-state index in [0.29, 0.717) is 17.0 Å². The van der Waals surface area contributed by atoms with Gasteiger partial charge in [-0.05, 0) is 17.7 Å². The molecule has 1 unspecified atom stereocenters. The highest BCUT2D eigenvalue weighted by Crippen LogP contribution is 2.31. The van der Waals surface area contributed by atoms with E-state index in [1.807, 2.05) is 0 Å². The maximum absolute atomic E-state index is 11.2. The summed E-state index contributed by atoms with van der Waals surface area (Å²) in [6, 6.07) is 4.91. The van der Waals surface area contributed by atoms with Gasteiger partial charge in [-0.1, -0.05) is 6.07 Å². The predicted molar refractivity (Wildman–Crippen MR) is 62.8 cm³/mol. The molecule has 96 valence electrons. The number of benzene rings is 1. The lowest BCUT2D eigenvalue weighted by Crippen LogP contribution is -2.26. The minimum absolute atomic E-state index is 0.0211. The Morgan fingerprint density at radius 1 is 1.61 bits per heavy atom. The first-order chi connectivity index (χ1) is 8.61. The minimum atomic E-state index is -0.972. The van der Waals surface area contributed by atoms with Crippen molar-refractivity contribution in [3.8, 4) is 5.75 Å². The van der Waals surface area contributed by atoms with Gasteiger partial charge in [0.25, 0.3) is 5.91 Å². The number of hydrogen-bond acceptors (Lipinski definition) is 4. The van der Waals surface area contributed by atoms with Crippen LogP contribution in [-0.4, -0.2) is 37.3 Å². The summed E-state index contributed by atoms with van der Waals surface area (Å²) in [5, 5.41) is 11.8. The van der Waals surface area contributed by atoms with Crippen molar-refractivity contribution in [3.63, 3.8) is 0 Å². The Balaban J connectivity index is 2.31. The van der Waals surface area contributed by atoms with Gasteiger partial charge in [-0.15, -0.1) is 0 Å². The highest BCUT2D eigenvalue weighted by molar-refractivity contribution is 5.95. The fourth-order valence-corrected chi connectivity index (χ4v) is 1.79. The number of anilines is 1. The number of amides is 1. The molecule has 1 amide bonds. The number of carbonyl (C=O) groups is 2. The van der Waals surface area contributed by atoms with Crippen molar-refractivity contribution in [2.75, 3.05) is 25.6 Å². The number of nitrogens with one attached hydrogen (secondary N) is 1. The van der Waals surface area contributed by atoms with Crippen LogP contribution < -0.4 is 10.1 Å². The van der Waals surface area contributed by atoms with Crippen molar-refractivity contribution in [2.24, 2.45) is 0 Å². The number of ether oxygens (including phenoxy) is 2. The second kappa shape index (κ2) is 5.05. The molecular formula is C12H13NO5. The molecule has 1 aromatic rings. The zero-order valence-electron chi connectivity index (χ0n) is 9.80. The maximum atomic E-state index is 11.2. The third kappa shape index (κ3) is 2.43. The Morgan fingerprint density at radius 2 is 2.39 bits per heavy atom. The van der Waals surface area contributed by atoms with Crippen LogP contribution in [0.2, 0.25) is 0 Å². The summed E-state index contributed by atoms with van der Waals surface area (Å²) in [7, 11) is 1.44. The van der Waals surface area contributed by atoms with E-state index >= 15 is 0 Å². The van der Waals surface area contributed by atoms with Crippen molar-refractivity contribution in [3.05, 3.63) is 23.8 Å². The normalized spacial score (nSPS) is 15.3. The van der Waals surface area contributed by atoms with Crippen LogP contribution in [0.4, 0.5) is 5.69 Å². The largest absolute Gasteiger partial charge is 0.482 e. The molecule has 1 atom stereocenters. The van der Waals surface area contributed by atoms with E-state index in [0.717, 1.165) is 0 Å². The molecule has 2 N–H and O–H groups in total. The van der Waals surface area contributed by atoms with Gasteiger partial charge in [0, 0.05) is 7.11 Å². The van der Waals surface area contributed by atoms with Crippen molar-refractivity contribution >= 4 is 17.6 Å². The van der Waals surface area contributed by atoms with E-state index in [4.69, 9.17) is 14.6 Å². The van der Waals surface area contributed by atoms with Gasteiger partial charge in [-0.2, -0.15) is 0 Å². The summed E-state index contributed by atoms with van der Waals surface area (Å²) in [6.07, 6.45) is 0. The number of rotatable bonds is 4. The van der Waals surface area contributed by atoms with Gasteiger partial charge >= 0.3 is 5.97 Å². The van der Waals surface area contributed by atoms with Crippen LogP contribution in [0.25, 0.3) is 0 Å². The molecular weight excluding hydrogens is 238 g/mol. The Hall–Kier alpha value is -2.08. The second-order valence-corrected chi connectivity index (χ2v) is 3.94. The van der Waals surface area contributed by atoms with Crippen molar-refractivity contribution < 1.29 is 24.2 Å². The Labute approximate surface area is 104 Å². The average Bonchev–Trinajstić information content (AvgIpc) is 2.34. The lowest BCUT2D eigenvalue weighted by atomic mass is 9.99. The van der Waals surface area contributed by atoms with Crippen LogP contribution in [0.5, 0.6) is 5.75 Å². The summed E-state index contributed by atoms with van der Waals surface area (Å²) < 4.78 is 10.1. The summed E-state index contributed by atoms with van der Waals surface area (Å²) in [6.45, 7) is 0.0513. The molecule has 0 aliphatic carbocycles. The van der Waals surface area contributed by atoms with Gasteiger partial charge in [-0.25, -0.2) is 0 Å². The first-order valence-corrected chi connectivity index (χ1v) is 5.40. The van der Waals surface area contributed by atoms with E-state index in [1.165, 1.54) is 7.11 Å². The number of carbonyl (C=O) groups excluding carboxylic acids is 1. The average molecular weight is 251 g/mol. The lowest BCUT2D eigenvalue weighted by Gasteiger charge is -2.20. The number of carboxylic acids is 1. The van der Waals surface area contributed by atoms with Crippen LogP contribution in [0.1, 0.15) is 11.5 Å². The molecule has 1 aliphatic rings. The molecule has 18 heavy (non-hydrogen) atoms. The number of fused-ring (bicyclic) bond motifs is 1. The van der Waals surface area contributed by atoms with E-state index in [9.17, 15) is 9.59 Å². The van der Waals surface area contributed by atoms with Crippen molar-refractivity contribution in [1.29, 1.82) is 0 Å². The Bertz CT molecular complexity index is 485. The summed E-state index contributed by atoms with van der Waals surface area (Å²) in [5.74, 6) is -1.45. The third-order valence-corrected chi connectivity index (χ3v) is 2.67. The topological polar surface area (TPSA) is 84.9 Å². The molecule has 0 radical (unpaired) electrons. The molecule has 0 saturated carbocycles. The number of hydrogen-bond donors (Lipinski definition) is 2. The van der Waals surface area contributed by atoms with E-state index < -0.39 is 11.9 Å². The molecule has 1 aromatic carbocycles. The quantitative estimate of drug-likeness (QED) is 0.828. The molecule has 0 aromatic heterocycles. The first-order valence-electron chi connectivity index (χ1n) is 5.40. The summed E-state index contributed by atoms with van der Waals surface area (Å²) in [5.41, 5.74) is 1.06. The molecule has 0 fully saturated rings. The first kappa shape index (κ1) is 12.4. The molecule has 2 rings (SSSR count). The molecule has 0 bridgehead atoms. The highest BCUT2D eigenvalue weighted by atomic mass is 16.5. The van der Waals surface area contributed by atoms with Gasteiger partial charge in [0.2, 0.25) is 0 Å². The zero-order chi connectivity index (χ0) is 13.1. The van der Waals surface area contributed by atoms with E-state index in [-0.39, 0.29) is 19.1 Å². The zero-order valence-corrected chi connectivity index (χ0v) is 9.80. The summed E-state index contributed by atoms with van der Waals surface area (Å²) >= 11 is 0. The molecule has 6 nitrogen and oxygen atoms in total. The van der Waals surface area contributed by atoms with Gasteiger partial charge < -0.3 is 19.9 Å².